The molecule has 4 nitrogen and oxygen atoms in total. The fourth-order valence-corrected chi connectivity index (χ4v) is 0.793. The Hall–Kier alpha value is -1.76. The van der Waals surface area contributed by atoms with E-state index in [9.17, 15) is 4.79 Å². The number of hydrogen-bond acceptors (Lipinski definition) is 2. The molecule has 0 bridgehead atoms. The van der Waals surface area contributed by atoms with Crippen LogP contribution in [0.3, 0.4) is 0 Å². The molecule has 0 atom stereocenters. The van der Waals surface area contributed by atoms with Gasteiger partial charge in [0.15, 0.2) is 0 Å². The number of hydrogen-bond donors (Lipinski definition) is 1. The summed E-state index contributed by atoms with van der Waals surface area (Å²) in [5.41, 5.74) is 0.167. The van der Waals surface area contributed by atoms with Crippen LogP contribution in [-0.4, -0.2) is 22.6 Å². The smallest absolute Gasteiger partial charge is 0.412 e. The maximum Gasteiger partial charge on any atom is 0.412 e. The van der Waals surface area contributed by atoms with Gasteiger partial charge in [0, 0.05) is 6.54 Å². The molecule has 1 heterocycles. The van der Waals surface area contributed by atoms with Crippen LogP contribution in [0, 0.1) is 11.3 Å². The monoisotopic (exact) mass is 150 g/mol. The highest BCUT2D eigenvalue weighted by atomic mass is 16.4. The van der Waals surface area contributed by atoms with E-state index in [1.807, 2.05) is 0 Å². The molecular weight excluding hydrogens is 144 g/mol. The standard InChI is InChI=1S/C7H6N2O2/c8-5-6-3-1-2-4-9(6)7(10)11/h1-3H,4H2,(H,10,11). The van der Waals surface area contributed by atoms with Gasteiger partial charge in [0.2, 0.25) is 0 Å². The van der Waals surface area contributed by atoms with Gasteiger partial charge < -0.3 is 5.11 Å². The molecular formula is C7H6N2O2. The summed E-state index contributed by atoms with van der Waals surface area (Å²) in [6.07, 6.45) is 3.71. The first kappa shape index (κ1) is 7.35. The van der Waals surface area contributed by atoms with E-state index in [-0.39, 0.29) is 12.2 Å². The van der Waals surface area contributed by atoms with Crippen molar-refractivity contribution in [1.29, 1.82) is 5.26 Å². The van der Waals surface area contributed by atoms with Crippen molar-refractivity contribution >= 4 is 6.09 Å². The molecule has 0 aliphatic carbocycles. The number of carbonyl (C=O) groups is 1. The van der Waals surface area contributed by atoms with E-state index < -0.39 is 6.09 Å². The Morgan fingerprint density at radius 1 is 1.82 bits per heavy atom. The molecule has 1 amide bonds. The molecule has 0 spiro atoms. The van der Waals surface area contributed by atoms with Gasteiger partial charge >= 0.3 is 6.09 Å². The van der Waals surface area contributed by atoms with Crippen molar-refractivity contribution in [3.05, 3.63) is 23.9 Å². The largest absolute Gasteiger partial charge is 0.465 e. The molecule has 1 aliphatic heterocycles. The Morgan fingerprint density at radius 3 is 3.00 bits per heavy atom. The fraction of sp³-hybridized carbons (Fsp3) is 0.143. The van der Waals surface area contributed by atoms with Crippen LogP contribution in [0.25, 0.3) is 0 Å². The summed E-state index contributed by atoms with van der Waals surface area (Å²) >= 11 is 0. The third kappa shape index (κ3) is 1.38. The zero-order valence-electron chi connectivity index (χ0n) is 5.69. The summed E-state index contributed by atoms with van der Waals surface area (Å²) in [6.45, 7) is 0.259. The van der Waals surface area contributed by atoms with E-state index in [1.165, 1.54) is 6.08 Å². The number of carboxylic acid groups (broad SMARTS) is 1. The lowest BCUT2D eigenvalue weighted by Crippen LogP contribution is -2.29. The van der Waals surface area contributed by atoms with Gasteiger partial charge in [-0.1, -0.05) is 12.2 Å². The SMILES string of the molecule is N#CC1=CC=CCN1C(=O)O. The topological polar surface area (TPSA) is 64.3 Å². The molecule has 4 heteroatoms. The maximum absolute atomic E-state index is 10.4. The summed E-state index contributed by atoms with van der Waals surface area (Å²) < 4.78 is 0. The lowest BCUT2D eigenvalue weighted by molar-refractivity contribution is 0.164. The van der Waals surface area contributed by atoms with E-state index >= 15 is 0 Å². The van der Waals surface area contributed by atoms with E-state index in [0.29, 0.717) is 0 Å². The normalized spacial score (nSPS) is 15.5. The van der Waals surface area contributed by atoms with Crippen LogP contribution in [0.5, 0.6) is 0 Å². The quantitative estimate of drug-likeness (QED) is 0.559. The number of nitrogens with zero attached hydrogens (tertiary/aromatic N) is 2. The summed E-state index contributed by atoms with van der Waals surface area (Å²) in [4.78, 5) is 11.4. The van der Waals surface area contributed by atoms with E-state index in [4.69, 9.17) is 10.4 Å². The van der Waals surface area contributed by atoms with Crippen molar-refractivity contribution in [3.8, 4) is 6.07 Å². The second kappa shape index (κ2) is 2.88. The van der Waals surface area contributed by atoms with Crippen LogP contribution >= 0.6 is 0 Å². The van der Waals surface area contributed by atoms with Crippen LogP contribution in [0.4, 0.5) is 4.79 Å². The van der Waals surface area contributed by atoms with Gasteiger partial charge in [-0.15, -0.1) is 0 Å². The highest BCUT2D eigenvalue weighted by molar-refractivity contribution is 5.69. The summed E-state index contributed by atoms with van der Waals surface area (Å²) in [5, 5.41) is 17.0. The predicted octanol–water partition coefficient (Wildman–Crippen LogP) is 0.944. The molecule has 0 aromatic rings. The number of rotatable bonds is 0. The summed E-state index contributed by atoms with van der Waals surface area (Å²) in [7, 11) is 0. The van der Waals surface area contributed by atoms with Gasteiger partial charge in [-0.25, -0.2) is 4.79 Å². The van der Waals surface area contributed by atoms with Gasteiger partial charge in [0.25, 0.3) is 0 Å². The average Bonchev–Trinajstić information content (AvgIpc) is 2.04. The first-order valence-corrected chi connectivity index (χ1v) is 3.03. The Morgan fingerprint density at radius 2 is 2.55 bits per heavy atom. The molecule has 0 saturated carbocycles. The van der Waals surface area contributed by atoms with Crippen LogP contribution < -0.4 is 0 Å². The lowest BCUT2D eigenvalue weighted by Gasteiger charge is -2.17. The highest BCUT2D eigenvalue weighted by Gasteiger charge is 2.16. The molecule has 0 fully saturated rings. The summed E-state index contributed by atoms with van der Waals surface area (Å²) in [6, 6.07) is 1.79. The highest BCUT2D eigenvalue weighted by Crippen LogP contribution is 2.08. The van der Waals surface area contributed by atoms with Crippen molar-refractivity contribution in [3.63, 3.8) is 0 Å². The number of nitriles is 1. The zero-order chi connectivity index (χ0) is 8.27. The maximum atomic E-state index is 10.4. The first-order chi connectivity index (χ1) is 5.25. The fourth-order valence-electron chi connectivity index (χ4n) is 0.793. The van der Waals surface area contributed by atoms with Gasteiger partial charge in [0.05, 0.1) is 0 Å². The molecule has 56 valence electrons. The van der Waals surface area contributed by atoms with Crippen LogP contribution in [0.1, 0.15) is 0 Å². The van der Waals surface area contributed by atoms with Crippen molar-refractivity contribution in [1.82, 2.24) is 4.90 Å². The van der Waals surface area contributed by atoms with E-state index in [0.717, 1.165) is 4.90 Å². The number of amides is 1. The zero-order valence-corrected chi connectivity index (χ0v) is 5.69. The first-order valence-electron chi connectivity index (χ1n) is 3.03. The minimum Gasteiger partial charge on any atom is -0.465 e. The van der Waals surface area contributed by atoms with Gasteiger partial charge in [-0.05, 0) is 6.08 Å². The average molecular weight is 150 g/mol. The molecule has 1 N–H and O–H groups in total. The van der Waals surface area contributed by atoms with Crippen molar-refractivity contribution in [2.45, 2.75) is 0 Å². The lowest BCUT2D eigenvalue weighted by atomic mass is 10.3. The summed E-state index contributed by atoms with van der Waals surface area (Å²) in [5.74, 6) is 0. The Kier molecular flexibility index (Phi) is 1.93. The molecule has 0 radical (unpaired) electrons. The van der Waals surface area contributed by atoms with Crippen molar-refractivity contribution in [2.75, 3.05) is 6.54 Å². The van der Waals surface area contributed by atoms with Gasteiger partial charge in [-0.3, -0.25) is 4.90 Å². The molecule has 11 heavy (non-hydrogen) atoms. The van der Waals surface area contributed by atoms with E-state index in [2.05, 4.69) is 0 Å². The molecule has 0 aromatic carbocycles. The third-order valence-electron chi connectivity index (χ3n) is 1.31. The minimum atomic E-state index is -1.10. The van der Waals surface area contributed by atoms with Crippen molar-refractivity contribution in [2.24, 2.45) is 0 Å². The third-order valence-corrected chi connectivity index (χ3v) is 1.31. The minimum absolute atomic E-state index is 0.167. The molecule has 0 saturated heterocycles. The Balaban J connectivity index is 2.86. The molecule has 1 aliphatic rings. The number of allylic oxidation sites excluding steroid dienone is 3. The predicted molar refractivity (Wildman–Crippen MR) is 37.6 cm³/mol. The van der Waals surface area contributed by atoms with Crippen LogP contribution in [-0.2, 0) is 0 Å². The van der Waals surface area contributed by atoms with E-state index in [1.54, 1.807) is 18.2 Å². The molecule has 1 rings (SSSR count). The van der Waals surface area contributed by atoms with Gasteiger partial charge in [-0.2, -0.15) is 5.26 Å². The Bertz CT molecular complexity index is 273. The second-order valence-corrected chi connectivity index (χ2v) is 1.99. The van der Waals surface area contributed by atoms with Crippen molar-refractivity contribution < 1.29 is 9.90 Å². The Labute approximate surface area is 63.7 Å². The second-order valence-electron chi connectivity index (χ2n) is 1.99. The van der Waals surface area contributed by atoms with Gasteiger partial charge in [0.1, 0.15) is 11.8 Å². The molecule has 0 aromatic heterocycles. The molecule has 0 unspecified atom stereocenters. The van der Waals surface area contributed by atoms with Crippen LogP contribution in [0.2, 0.25) is 0 Å². The van der Waals surface area contributed by atoms with Crippen LogP contribution in [0.15, 0.2) is 23.9 Å².